The van der Waals surface area contributed by atoms with Gasteiger partial charge in [0.1, 0.15) is 5.15 Å². The van der Waals surface area contributed by atoms with E-state index in [9.17, 15) is 0 Å². The van der Waals surface area contributed by atoms with Crippen molar-refractivity contribution in [3.8, 4) is 0 Å². The van der Waals surface area contributed by atoms with Crippen LogP contribution in [0.15, 0.2) is 0 Å². The summed E-state index contributed by atoms with van der Waals surface area (Å²) in [5.41, 5.74) is 1.43. The van der Waals surface area contributed by atoms with Crippen molar-refractivity contribution in [1.29, 1.82) is 0 Å². The number of aromatic nitrogens is 4. The van der Waals surface area contributed by atoms with Gasteiger partial charge in [0.15, 0.2) is 5.65 Å². The molecular formula is C10H12Cl2N4. The summed E-state index contributed by atoms with van der Waals surface area (Å²) in [6.07, 6.45) is 0. The molecule has 0 aliphatic carbocycles. The molecule has 0 aliphatic rings. The van der Waals surface area contributed by atoms with Gasteiger partial charge in [-0.3, -0.25) is 0 Å². The van der Waals surface area contributed by atoms with Crippen LogP contribution in [-0.4, -0.2) is 19.7 Å². The van der Waals surface area contributed by atoms with Crippen LogP contribution in [0.5, 0.6) is 0 Å². The molecule has 6 heteroatoms. The minimum atomic E-state index is -0.111. The van der Waals surface area contributed by atoms with Crippen LogP contribution < -0.4 is 0 Å². The lowest BCUT2D eigenvalue weighted by molar-refractivity contribution is 0.558. The second-order valence-electron chi connectivity index (χ2n) is 4.70. The predicted octanol–water partition coefficient (Wildman–Crippen LogP) is 2.97. The van der Waals surface area contributed by atoms with E-state index < -0.39 is 0 Å². The highest BCUT2D eigenvalue weighted by Gasteiger charge is 2.25. The normalized spacial score (nSPS) is 12.4. The molecule has 0 saturated carbocycles. The van der Waals surface area contributed by atoms with Crippen molar-refractivity contribution in [1.82, 2.24) is 19.7 Å². The van der Waals surface area contributed by atoms with Gasteiger partial charge in [0.2, 0.25) is 5.28 Å². The Morgan fingerprint density at radius 1 is 1.12 bits per heavy atom. The van der Waals surface area contributed by atoms with E-state index in [4.69, 9.17) is 23.2 Å². The molecule has 0 saturated heterocycles. The molecule has 4 nitrogen and oxygen atoms in total. The Morgan fingerprint density at radius 2 is 1.75 bits per heavy atom. The molecule has 0 aromatic carbocycles. The number of aryl methyl sites for hydroxylation is 1. The van der Waals surface area contributed by atoms with Gasteiger partial charge in [-0.1, -0.05) is 32.4 Å². The Kier molecular flexibility index (Phi) is 2.59. The first-order chi connectivity index (χ1) is 7.30. The SMILES string of the molecule is Cn1nc(C(C)(C)C)c2c(Cl)nc(Cl)nc21. The van der Waals surface area contributed by atoms with Gasteiger partial charge >= 0.3 is 0 Å². The fraction of sp³-hybridized carbons (Fsp3) is 0.500. The van der Waals surface area contributed by atoms with Gasteiger partial charge in [-0.2, -0.15) is 10.1 Å². The number of nitrogens with zero attached hydrogens (tertiary/aromatic N) is 4. The molecule has 0 aliphatic heterocycles. The quantitative estimate of drug-likeness (QED) is 0.539. The van der Waals surface area contributed by atoms with Gasteiger partial charge in [0.05, 0.1) is 11.1 Å². The lowest BCUT2D eigenvalue weighted by Gasteiger charge is -2.15. The third-order valence-electron chi connectivity index (χ3n) is 2.32. The minimum absolute atomic E-state index is 0.111. The lowest BCUT2D eigenvalue weighted by Crippen LogP contribution is -2.13. The van der Waals surface area contributed by atoms with Gasteiger partial charge in [-0.05, 0) is 11.6 Å². The van der Waals surface area contributed by atoms with E-state index in [1.165, 1.54) is 0 Å². The zero-order chi connectivity index (χ0) is 12.1. The summed E-state index contributed by atoms with van der Waals surface area (Å²) in [7, 11) is 1.82. The van der Waals surface area contributed by atoms with Crippen LogP contribution in [0.3, 0.4) is 0 Å². The zero-order valence-corrected chi connectivity index (χ0v) is 11.1. The van der Waals surface area contributed by atoms with Gasteiger partial charge in [-0.25, -0.2) is 9.67 Å². The van der Waals surface area contributed by atoms with Crippen LogP contribution in [0.1, 0.15) is 26.5 Å². The van der Waals surface area contributed by atoms with Crippen molar-refractivity contribution < 1.29 is 0 Å². The summed E-state index contributed by atoms with van der Waals surface area (Å²) < 4.78 is 1.68. The lowest BCUT2D eigenvalue weighted by atomic mass is 9.91. The first-order valence-corrected chi connectivity index (χ1v) is 5.62. The molecule has 0 amide bonds. The van der Waals surface area contributed by atoms with Gasteiger partial charge in [0.25, 0.3) is 0 Å². The van der Waals surface area contributed by atoms with E-state index >= 15 is 0 Å². The second kappa shape index (κ2) is 3.57. The van der Waals surface area contributed by atoms with Crippen molar-refractivity contribution in [3.63, 3.8) is 0 Å². The summed E-state index contributed by atoms with van der Waals surface area (Å²) in [4.78, 5) is 8.10. The summed E-state index contributed by atoms with van der Waals surface area (Å²) in [5, 5.41) is 5.71. The number of hydrogen-bond acceptors (Lipinski definition) is 3. The molecule has 0 N–H and O–H groups in total. The average Bonchev–Trinajstić information content (AvgIpc) is 2.43. The molecule has 0 bridgehead atoms. The summed E-state index contributed by atoms with van der Waals surface area (Å²) in [6, 6.07) is 0. The highest BCUT2D eigenvalue weighted by Crippen LogP contribution is 2.32. The highest BCUT2D eigenvalue weighted by molar-refractivity contribution is 6.35. The highest BCUT2D eigenvalue weighted by atomic mass is 35.5. The Hall–Kier alpha value is -0.870. The molecule has 0 atom stereocenters. The fourth-order valence-electron chi connectivity index (χ4n) is 1.61. The number of halogens is 2. The van der Waals surface area contributed by atoms with Crippen LogP contribution in [0.25, 0.3) is 11.0 Å². The Labute approximate surface area is 104 Å². The maximum Gasteiger partial charge on any atom is 0.225 e. The van der Waals surface area contributed by atoms with Crippen LogP contribution in [-0.2, 0) is 12.5 Å². The van der Waals surface area contributed by atoms with E-state index in [2.05, 4.69) is 35.8 Å². The largest absolute Gasteiger partial charge is 0.250 e. The maximum atomic E-state index is 6.10. The van der Waals surface area contributed by atoms with E-state index in [1.807, 2.05) is 7.05 Å². The molecule has 0 unspecified atom stereocenters. The molecule has 86 valence electrons. The monoisotopic (exact) mass is 258 g/mol. The van der Waals surface area contributed by atoms with Crippen molar-refractivity contribution in [2.45, 2.75) is 26.2 Å². The molecule has 2 aromatic heterocycles. The maximum absolute atomic E-state index is 6.10. The van der Waals surface area contributed by atoms with Crippen LogP contribution in [0.2, 0.25) is 10.4 Å². The zero-order valence-electron chi connectivity index (χ0n) is 9.54. The van der Waals surface area contributed by atoms with E-state index in [1.54, 1.807) is 4.68 Å². The van der Waals surface area contributed by atoms with Crippen molar-refractivity contribution in [2.75, 3.05) is 0 Å². The van der Waals surface area contributed by atoms with E-state index in [0.29, 0.717) is 10.8 Å². The second-order valence-corrected chi connectivity index (χ2v) is 5.40. The van der Waals surface area contributed by atoms with Crippen LogP contribution in [0.4, 0.5) is 0 Å². The van der Waals surface area contributed by atoms with E-state index in [-0.39, 0.29) is 10.7 Å². The van der Waals surface area contributed by atoms with Gasteiger partial charge in [0, 0.05) is 12.5 Å². The molecule has 2 rings (SSSR count). The summed E-state index contributed by atoms with van der Waals surface area (Å²) in [5.74, 6) is 0. The number of hydrogen-bond donors (Lipinski definition) is 0. The summed E-state index contributed by atoms with van der Waals surface area (Å²) in [6.45, 7) is 6.21. The molecule has 16 heavy (non-hydrogen) atoms. The average molecular weight is 259 g/mol. The minimum Gasteiger partial charge on any atom is -0.250 e. The Balaban J connectivity index is 2.89. The smallest absolute Gasteiger partial charge is 0.225 e. The Morgan fingerprint density at radius 3 is 2.31 bits per heavy atom. The first-order valence-electron chi connectivity index (χ1n) is 4.87. The van der Waals surface area contributed by atoms with Gasteiger partial charge < -0.3 is 0 Å². The number of rotatable bonds is 0. The van der Waals surface area contributed by atoms with Crippen LogP contribution in [0, 0.1) is 0 Å². The standard InChI is InChI=1S/C10H12Cl2N4/c1-10(2,3)6-5-7(11)13-9(12)14-8(5)16(4)15-6/h1-4H3. The third kappa shape index (κ3) is 1.76. The van der Waals surface area contributed by atoms with Crippen molar-refractivity contribution in [3.05, 3.63) is 16.1 Å². The van der Waals surface area contributed by atoms with Crippen molar-refractivity contribution >= 4 is 34.2 Å². The van der Waals surface area contributed by atoms with Crippen molar-refractivity contribution in [2.24, 2.45) is 7.05 Å². The van der Waals surface area contributed by atoms with Crippen LogP contribution >= 0.6 is 23.2 Å². The number of fused-ring (bicyclic) bond motifs is 1. The first kappa shape index (κ1) is 11.6. The predicted molar refractivity (Wildman–Crippen MR) is 65.0 cm³/mol. The third-order valence-corrected chi connectivity index (χ3v) is 2.76. The molecule has 0 fully saturated rings. The topological polar surface area (TPSA) is 43.6 Å². The molecular weight excluding hydrogens is 247 g/mol. The molecule has 2 heterocycles. The van der Waals surface area contributed by atoms with E-state index in [0.717, 1.165) is 11.1 Å². The summed E-state index contributed by atoms with van der Waals surface area (Å²) >= 11 is 11.9. The molecule has 2 aromatic rings. The fourth-order valence-corrected chi connectivity index (χ4v) is 2.07. The molecule has 0 spiro atoms. The Bertz CT molecular complexity index is 554. The van der Waals surface area contributed by atoms with Gasteiger partial charge in [-0.15, -0.1) is 0 Å². The molecule has 0 radical (unpaired) electrons.